The van der Waals surface area contributed by atoms with E-state index in [2.05, 4.69) is 29.1 Å². The number of hydrogen-bond acceptors (Lipinski definition) is 4. The summed E-state index contributed by atoms with van der Waals surface area (Å²) in [6.45, 7) is 4.48. The molecule has 0 spiro atoms. The first-order valence-corrected chi connectivity index (χ1v) is 7.00. The maximum atomic E-state index is 4.66. The lowest BCUT2D eigenvalue weighted by Crippen LogP contribution is -2.06. The minimum absolute atomic E-state index is 0.712. The Balaban J connectivity index is 2.20. The molecule has 0 amide bonds. The third kappa shape index (κ3) is 2.48. The molecule has 0 fully saturated rings. The lowest BCUT2D eigenvalue weighted by atomic mass is 10.1. The van der Waals surface area contributed by atoms with Gasteiger partial charge in [-0.25, -0.2) is 9.97 Å². The molecule has 88 valence electrons. The van der Waals surface area contributed by atoms with Gasteiger partial charge in [-0.1, -0.05) is 13.8 Å². The Morgan fingerprint density at radius 1 is 1.31 bits per heavy atom. The maximum absolute atomic E-state index is 4.66. The van der Waals surface area contributed by atoms with Crippen LogP contribution in [0.25, 0.3) is 0 Å². The molecule has 1 aromatic rings. The standard InChI is InChI=1S/C12H19N3S/c1-8(2)4-5-11-14-10-7-16-6-9(10)12(13-3)15-11/h8H,4-7H2,1-3H3,(H,13,14,15). The summed E-state index contributed by atoms with van der Waals surface area (Å²) in [5.74, 6) is 4.84. The van der Waals surface area contributed by atoms with Crippen molar-refractivity contribution < 1.29 is 0 Å². The Kier molecular flexibility index (Phi) is 3.69. The van der Waals surface area contributed by atoms with Gasteiger partial charge in [-0.2, -0.15) is 11.8 Å². The van der Waals surface area contributed by atoms with Gasteiger partial charge < -0.3 is 5.32 Å². The largest absolute Gasteiger partial charge is 0.373 e. The van der Waals surface area contributed by atoms with Gasteiger partial charge in [0.15, 0.2) is 0 Å². The summed E-state index contributed by atoms with van der Waals surface area (Å²) in [4.78, 5) is 9.26. The van der Waals surface area contributed by atoms with Crippen molar-refractivity contribution in [3.63, 3.8) is 0 Å². The van der Waals surface area contributed by atoms with Crippen molar-refractivity contribution in [1.29, 1.82) is 0 Å². The van der Waals surface area contributed by atoms with Crippen LogP contribution in [0.1, 0.15) is 37.4 Å². The van der Waals surface area contributed by atoms with E-state index in [4.69, 9.17) is 0 Å². The molecule has 4 heteroatoms. The lowest BCUT2D eigenvalue weighted by Gasteiger charge is -2.09. The molecule has 1 N–H and O–H groups in total. The van der Waals surface area contributed by atoms with Gasteiger partial charge in [0.25, 0.3) is 0 Å². The number of nitrogens with zero attached hydrogens (tertiary/aromatic N) is 2. The quantitative estimate of drug-likeness (QED) is 0.874. The molecule has 1 aliphatic heterocycles. The highest BCUT2D eigenvalue weighted by atomic mass is 32.2. The number of thioether (sulfide) groups is 1. The van der Waals surface area contributed by atoms with Gasteiger partial charge in [0.2, 0.25) is 0 Å². The third-order valence-corrected chi connectivity index (χ3v) is 3.78. The van der Waals surface area contributed by atoms with Gasteiger partial charge in [0, 0.05) is 30.5 Å². The molecule has 16 heavy (non-hydrogen) atoms. The van der Waals surface area contributed by atoms with E-state index >= 15 is 0 Å². The number of nitrogens with one attached hydrogen (secondary N) is 1. The topological polar surface area (TPSA) is 37.8 Å². The second kappa shape index (κ2) is 5.04. The van der Waals surface area contributed by atoms with Crippen LogP contribution >= 0.6 is 11.8 Å². The van der Waals surface area contributed by atoms with Crippen LogP contribution in [-0.4, -0.2) is 17.0 Å². The zero-order valence-electron chi connectivity index (χ0n) is 10.2. The van der Waals surface area contributed by atoms with E-state index in [1.807, 2.05) is 18.8 Å². The van der Waals surface area contributed by atoms with Gasteiger partial charge in [-0.05, 0) is 12.3 Å². The first-order chi connectivity index (χ1) is 7.70. The molecule has 0 unspecified atom stereocenters. The highest BCUT2D eigenvalue weighted by molar-refractivity contribution is 7.98. The predicted molar refractivity (Wildman–Crippen MR) is 69.7 cm³/mol. The van der Waals surface area contributed by atoms with Crippen LogP contribution in [-0.2, 0) is 17.9 Å². The van der Waals surface area contributed by atoms with E-state index in [1.165, 1.54) is 11.3 Å². The summed E-state index contributed by atoms with van der Waals surface area (Å²) in [5, 5.41) is 3.19. The highest BCUT2D eigenvalue weighted by Gasteiger charge is 2.18. The van der Waals surface area contributed by atoms with Crippen LogP contribution in [0, 0.1) is 5.92 Å². The minimum Gasteiger partial charge on any atom is -0.373 e. The first-order valence-electron chi connectivity index (χ1n) is 5.85. The van der Waals surface area contributed by atoms with Gasteiger partial charge in [-0.3, -0.25) is 0 Å². The number of rotatable bonds is 4. The van der Waals surface area contributed by atoms with Gasteiger partial charge in [0.05, 0.1) is 5.69 Å². The average Bonchev–Trinajstić information content (AvgIpc) is 2.73. The van der Waals surface area contributed by atoms with Crippen molar-refractivity contribution in [2.75, 3.05) is 12.4 Å². The summed E-state index contributed by atoms with van der Waals surface area (Å²) in [6.07, 6.45) is 2.15. The minimum atomic E-state index is 0.712. The molecular weight excluding hydrogens is 218 g/mol. The second-order valence-electron chi connectivity index (χ2n) is 4.59. The van der Waals surface area contributed by atoms with Crippen LogP contribution in [0.2, 0.25) is 0 Å². The molecule has 0 aliphatic carbocycles. The van der Waals surface area contributed by atoms with Crippen LogP contribution in [0.15, 0.2) is 0 Å². The number of aromatic nitrogens is 2. The Bertz CT molecular complexity index is 377. The van der Waals surface area contributed by atoms with Crippen LogP contribution < -0.4 is 5.32 Å². The van der Waals surface area contributed by atoms with Gasteiger partial charge in [-0.15, -0.1) is 0 Å². The van der Waals surface area contributed by atoms with Crippen molar-refractivity contribution in [3.05, 3.63) is 17.1 Å². The molecule has 0 atom stereocenters. The number of anilines is 1. The van der Waals surface area contributed by atoms with E-state index in [0.29, 0.717) is 5.92 Å². The lowest BCUT2D eigenvalue weighted by molar-refractivity contribution is 0.574. The predicted octanol–water partition coefficient (Wildman–Crippen LogP) is 2.85. The van der Waals surface area contributed by atoms with Crippen LogP contribution in [0.5, 0.6) is 0 Å². The number of fused-ring (bicyclic) bond motifs is 1. The molecule has 0 radical (unpaired) electrons. The molecule has 1 aromatic heterocycles. The normalized spacial score (nSPS) is 14.2. The zero-order valence-corrected chi connectivity index (χ0v) is 11.0. The van der Waals surface area contributed by atoms with Crippen molar-refractivity contribution >= 4 is 17.6 Å². The van der Waals surface area contributed by atoms with Crippen molar-refractivity contribution in [2.45, 2.75) is 38.2 Å². The van der Waals surface area contributed by atoms with Gasteiger partial charge >= 0.3 is 0 Å². The van der Waals surface area contributed by atoms with Crippen molar-refractivity contribution in [3.8, 4) is 0 Å². The average molecular weight is 237 g/mol. The highest BCUT2D eigenvalue weighted by Crippen LogP contribution is 2.32. The van der Waals surface area contributed by atoms with Crippen molar-refractivity contribution in [2.24, 2.45) is 5.92 Å². The summed E-state index contributed by atoms with van der Waals surface area (Å²) in [7, 11) is 1.94. The molecule has 0 bridgehead atoms. The van der Waals surface area contributed by atoms with E-state index in [0.717, 1.165) is 36.0 Å². The van der Waals surface area contributed by atoms with E-state index in [9.17, 15) is 0 Å². The van der Waals surface area contributed by atoms with Crippen LogP contribution in [0.4, 0.5) is 5.82 Å². The molecule has 0 aromatic carbocycles. The SMILES string of the molecule is CNc1nc(CCC(C)C)nc2c1CSC2. The Hall–Kier alpha value is -0.770. The molecule has 3 nitrogen and oxygen atoms in total. The molecule has 2 rings (SSSR count). The van der Waals surface area contributed by atoms with E-state index < -0.39 is 0 Å². The molecule has 0 saturated heterocycles. The summed E-state index contributed by atoms with van der Waals surface area (Å²) >= 11 is 1.92. The summed E-state index contributed by atoms with van der Waals surface area (Å²) in [6, 6.07) is 0. The Morgan fingerprint density at radius 2 is 2.12 bits per heavy atom. The fourth-order valence-electron chi connectivity index (χ4n) is 1.84. The molecule has 0 saturated carbocycles. The van der Waals surface area contributed by atoms with Gasteiger partial charge in [0.1, 0.15) is 11.6 Å². The van der Waals surface area contributed by atoms with E-state index in [-0.39, 0.29) is 0 Å². The second-order valence-corrected chi connectivity index (χ2v) is 5.57. The molecule has 1 aliphatic rings. The van der Waals surface area contributed by atoms with E-state index in [1.54, 1.807) is 0 Å². The monoisotopic (exact) mass is 237 g/mol. The number of aryl methyl sites for hydroxylation is 1. The molecule has 2 heterocycles. The molecular formula is C12H19N3S. The first kappa shape index (κ1) is 11.7. The smallest absolute Gasteiger partial charge is 0.133 e. The third-order valence-electron chi connectivity index (χ3n) is 2.81. The van der Waals surface area contributed by atoms with Crippen LogP contribution in [0.3, 0.4) is 0 Å². The Morgan fingerprint density at radius 3 is 2.81 bits per heavy atom. The fraction of sp³-hybridized carbons (Fsp3) is 0.667. The summed E-state index contributed by atoms with van der Waals surface area (Å²) < 4.78 is 0. The fourth-order valence-corrected chi connectivity index (χ4v) is 2.88. The Labute approximate surface area is 101 Å². The zero-order chi connectivity index (χ0) is 11.5. The maximum Gasteiger partial charge on any atom is 0.133 e. The van der Waals surface area contributed by atoms with Crippen molar-refractivity contribution in [1.82, 2.24) is 9.97 Å². The number of hydrogen-bond donors (Lipinski definition) is 1. The summed E-state index contributed by atoms with van der Waals surface area (Å²) in [5.41, 5.74) is 2.55.